The lowest BCUT2D eigenvalue weighted by atomic mass is 10.3. The van der Waals surface area contributed by atoms with Crippen molar-refractivity contribution in [1.82, 2.24) is 0 Å². The molecule has 0 spiro atoms. The van der Waals surface area contributed by atoms with Crippen LogP contribution < -0.4 is 0 Å². The van der Waals surface area contributed by atoms with Crippen LogP contribution in [0.3, 0.4) is 0 Å². The molecule has 0 aromatic carbocycles. The minimum atomic E-state index is 1.32. The molecule has 9 heavy (non-hydrogen) atoms. The van der Waals surface area contributed by atoms with Gasteiger partial charge in [0.25, 0.3) is 0 Å². The number of allylic oxidation sites excluding steroid dienone is 4. The van der Waals surface area contributed by atoms with Crippen molar-refractivity contribution in [3.8, 4) is 0 Å². The van der Waals surface area contributed by atoms with Gasteiger partial charge in [-0.3, -0.25) is 0 Å². The summed E-state index contributed by atoms with van der Waals surface area (Å²) in [4.78, 5) is 0. The summed E-state index contributed by atoms with van der Waals surface area (Å²) in [5.41, 5.74) is 1.32. The van der Waals surface area contributed by atoms with Crippen LogP contribution in [0.2, 0.25) is 0 Å². The van der Waals surface area contributed by atoms with E-state index in [9.17, 15) is 0 Å². The highest BCUT2D eigenvalue weighted by molar-refractivity contribution is 5.13. The molecule has 0 saturated carbocycles. The lowest BCUT2D eigenvalue weighted by Crippen LogP contribution is -1.60. The Morgan fingerprint density at radius 3 is 1.67 bits per heavy atom. The Balaban J connectivity index is 0. The highest BCUT2D eigenvalue weighted by Crippen LogP contribution is 1.91. The number of hydrogen-bond acceptors (Lipinski definition) is 0. The van der Waals surface area contributed by atoms with E-state index >= 15 is 0 Å². The van der Waals surface area contributed by atoms with Gasteiger partial charge in [-0.15, -0.1) is 0 Å². The maximum atomic E-state index is 2.08. The van der Waals surface area contributed by atoms with Gasteiger partial charge >= 0.3 is 0 Å². The first kappa shape index (κ1) is 11.3. The molecule has 54 valence electrons. The molecule has 0 nitrogen and oxygen atoms in total. The van der Waals surface area contributed by atoms with Crippen molar-refractivity contribution >= 4 is 0 Å². The maximum absolute atomic E-state index is 2.08. The highest BCUT2D eigenvalue weighted by atomic mass is 13.8. The molecule has 0 heteroatoms. The summed E-state index contributed by atoms with van der Waals surface area (Å²) < 4.78 is 0. The van der Waals surface area contributed by atoms with E-state index in [1.807, 2.05) is 33.8 Å². The van der Waals surface area contributed by atoms with Gasteiger partial charge in [0.1, 0.15) is 0 Å². The Morgan fingerprint density at radius 1 is 1.11 bits per heavy atom. The van der Waals surface area contributed by atoms with Crippen molar-refractivity contribution in [2.24, 2.45) is 0 Å². The second-order valence-corrected chi connectivity index (χ2v) is 1.53. The van der Waals surface area contributed by atoms with Crippen molar-refractivity contribution in [3.05, 3.63) is 23.8 Å². The van der Waals surface area contributed by atoms with Crippen LogP contribution in [0, 0.1) is 0 Å². The van der Waals surface area contributed by atoms with Crippen molar-refractivity contribution in [3.63, 3.8) is 0 Å². The molecule has 0 aliphatic carbocycles. The van der Waals surface area contributed by atoms with E-state index in [1.165, 1.54) is 5.57 Å². The first-order valence-corrected chi connectivity index (χ1v) is 3.57. The SMILES string of the molecule is C/C=C\C(C)=C/C.CC. The summed E-state index contributed by atoms with van der Waals surface area (Å²) in [6.45, 7) is 10.1. The molecular weight excluding hydrogens is 108 g/mol. The van der Waals surface area contributed by atoms with Crippen LogP contribution in [-0.2, 0) is 0 Å². The Bertz CT molecular complexity index is 86.2. The standard InChI is InChI=1S/C7H12.C2H6/c1-4-6-7(3)5-2;1-2/h4-6H,1-3H3;1-2H3/b6-4-,7-5-;. The van der Waals surface area contributed by atoms with Crippen LogP contribution in [0.25, 0.3) is 0 Å². The van der Waals surface area contributed by atoms with Crippen molar-refractivity contribution in [2.75, 3.05) is 0 Å². The molecule has 0 unspecified atom stereocenters. The monoisotopic (exact) mass is 126 g/mol. The van der Waals surface area contributed by atoms with Crippen molar-refractivity contribution in [1.29, 1.82) is 0 Å². The summed E-state index contributed by atoms with van der Waals surface area (Å²) in [6, 6.07) is 0. The number of hydrogen-bond donors (Lipinski definition) is 0. The van der Waals surface area contributed by atoms with Crippen LogP contribution in [0.1, 0.15) is 34.6 Å². The van der Waals surface area contributed by atoms with E-state index in [0.29, 0.717) is 0 Å². The smallest absolute Gasteiger partial charge is 0.0401 e. The molecule has 0 aromatic heterocycles. The summed E-state index contributed by atoms with van der Waals surface area (Å²) in [7, 11) is 0. The molecule has 0 saturated heterocycles. The van der Waals surface area contributed by atoms with Gasteiger partial charge in [-0.25, -0.2) is 0 Å². The van der Waals surface area contributed by atoms with Gasteiger partial charge in [-0.05, 0) is 20.8 Å². The minimum absolute atomic E-state index is 1.32. The van der Waals surface area contributed by atoms with E-state index in [2.05, 4.69) is 19.1 Å². The average molecular weight is 126 g/mol. The lowest BCUT2D eigenvalue weighted by molar-refractivity contribution is 1.46. The summed E-state index contributed by atoms with van der Waals surface area (Å²) >= 11 is 0. The lowest BCUT2D eigenvalue weighted by Gasteiger charge is -1.81. The Kier molecular flexibility index (Phi) is 13.1. The second kappa shape index (κ2) is 10.5. The highest BCUT2D eigenvalue weighted by Gasteiger charge is 1.69. The third-order valence-corrected chi connectivity index (χ3v) is 0.885. The zero-order chi connectivity index (χ0) is 7.70. The third-order valence-electron chi connectivity index (χ3n) is 0.885. The minimum Gasteiger partial charge on any atom is -0.0874 e. The molecule has 0 aromatic rings. The van der Waals surface area contributed by atoms with E-state index in [0.717, 1.165) is 0 Å². The molecule has 0 aliphatic rings. The molecule has 0 heterocycles. The maximum Gasteiger partial charge on any atom is -0.0401 e. The van der Waals surface area contributed by atoms with Gasteiger partial charge in [0.05, 0.1) is 0 Å². The number of rotatable bonds is 1. The van der Waals surface area contributed by atoms with Crippen molar-refractivity contribution < 1.29 is 0 Å². The van der Waals surface area contributed by atoms with Crippen LogP contribution in [0.4, 0.5) is 0 Å². The van der Waals surface area contributed by atoms with E-state index in [-0.39, 0.29) is 0 Å². The second-order valence-electron chi connectivity index (χ2n) is 1.53. The van der Waals surface area contributed by atoms with E-state index in [4.69, 9.17) is 0 Å². The molecule has 0 amide bonds. The Hall–Kier alpha value is -0.520. The summed E-state index contributed by atoms with van der Waals surface area (Å²) in [6.07, 6.45) is 6.20. The van der Waals surface area contributed by atoms with Gasteiger partial charge in [-0.2, -0.15) is 0 Å². The first-order chi connectivity index (χ1) is 4.31. The van der Waals surface area contributed by atoms with Gasteiger partial charge in [0.2, 0.25) is 0 Å². The predicted molar refractivity (Wildman–Crippen MR) is 45.6 cm³/mol. The quantitative estimate of drug-likeness (QED) is 0.471. The molecule has 0 bridgehead atoms. The van der Waals surface area contributed by atoms with E-state index in [1.54, 1.807) is 0 Å². The Morgan fingerprint density at radius 2 is 1.56 bits per heavy atom. The zero-order valence-corrected chi connectivity index (χ0v) is 7.23. The van der Waals surface area contributed by atoms with Crippen LogP contribution >= 0.6 is 0 Å². The fourth-order valence-corrected chi connectivity index (χ4v) is 0.359. The summed E-state index contributed by atoms with van der Waals surface area (Å²) in [5, 5.41) is 0. The molecule has 0 rings (SSSR count). The normalized spacial score (nSPS) is 11.0. The molecule has 0 aliphatic heterocycles. The fourth-order valence-electron chi connectivity index (χ4n) is 0.359. The van der Waals surface area contributed by atoms with Crippen LogP contribution in [0.5, 0.6) is 0 Å². The van der Waals surface area contributed by atoms with Gasteiger partial charge < -0.3 is 0 Å². The molecule has 0 radical (unpaired) electrons. The topological polar surface area (TPSA) is 0 Å². The van der Waals surface area contributed by atoms with E-state index < -0.39 is 0 Å². The molecule has 0 fully saturated rings. The first-order valence-electron chi connectivity index (χ1n) is 3.57. The van der Waals surface area contributed by atoms with Crippen molar-refractivity contribution in [2.45, 2.75) is 34.6 Å². The summed E-state index contributed by atoms with van der Waals surface area (Å²) in [5.74, 6) is 0. The average Bonchev–Trinajstić information content (AvgIpc) is 1.93. The Labute approximate surface area is 59.3 Å². The zero-order valence-electron chi connectivity index (χ0n) is 7.23. The van der Waals surface area contributed by atoms with Gasteiger partial charge in [0.15, 0.2) is 0 Å². The van der Waals surface area contributed by atoms with Crippen LogP contribution in [-0.4, -0.2) is 0 Å². The molecule has 0 atom stereocenters. The molecular formula is C9H18. The van der Waals surface area contributed by atoms with Crippen LogP contribution in [0.15, 0.2) is 23.8 Å². The molecule has 0 N–H and O–H groups in total. The fraction of sp³-hybridized carbons (Fsp3) is 0.556. The van der Waals surface area contributed by atoms with Gasteiger partial charge in [0, 0.05) is 0 Å². The predicted octanol–water partition coefficient (Wildman–Crippen LogP) is 3.55. The van der Waals surface area contributed by atoms with Gasteiger partial charge in [-0.1, -0.05) is 37.6 Å². The third kappa shape index (κ3) is 11.2. The largest absolute Gasteiger partial charge is 0.0874 e.